The number of hydrogen-bond donors (Lipinski definition) is 0. The maximum Gasteiger partial charge on any atom is 0.221 e. The van der Waals surface area contributed by atoms with Gasteiger partial charge in [-0.3, -0.25) is 0 Å². The number of rotatable bonds is 9. The Bertz CT molecular complexity index is 3000. The van der Waals surface area contributed by atoms with Crippen molar-refractivity contribution in [2.24, 2.45) is 0 Å². The van der Waals surface area contributed by atoms with E-state index in [4.69, 9.17) is 0 Å². The van der Waals surface area contributed by atoms with Gasteiger partial charge in [0.05, 0.1) is 8.42 Å². The normalized spacial score (nSPS) is 11.7. The molecule has 0 radical (unpaired) electrons. The largest absolute Gasteiger partial charge is 0.221 e. The molecule has 8 rings (SSSR count). The minimum Gasteiger partial charge on any atom is -0.207 e. The molecule has 2 aromatic heterocycles. The van der Waals surface area contributed by atoms with E-state index >= 15 is 35.1 Å². The Morgan fingerprint density at radius 2 is 0.556 bits per heavy atom. The van der Waals surface area contributed by atoms with E-state index in [1.165, 1.54) is 38.4 Å². The van der Waals surface area contributed by atoms with Crippen molar-refractivity contribution < 1.29 is 87.8 Å². The van der Waals surface area contributed by atoms with Crippen LogP contribution in [0.15, 0.2) is 95.2 Å². The Balaban J connectivity index is 0.000000238. The fraction of sp³-hybridized carbons (Fsp3) is 0.0638. The molecule has 0 unspecified atom stereocenters. The summed E-state index contributed by atoms with van der Waals surface area (Å²) in [4.78, 5) is 4.14. The highest BCUT2D eigenvalue weighted by molar-refractivity contribution is 8.03. The Kier molecular flexibility index (Phi) is 15.4. The minimum atomic E-state index is -7.22. The van der Waals surface area contributed by atoms with Gasteiger partial charge in [0.1, 0.15) is 63.6 Å². The zero-order valence-corrected chi connectivity index (χ0v) is 39.0. The number of aryl methyl sites for hydroxylation is 3. The van der Waals surface area contributed by atoms with Crippen LogP contribution in [0, 0.1) is 137 Å². The highest BCUT2D eigenvalue weighted by Crippen LogP contribution is 2.42. The van der Waals surface area contributed by atoms with E-state index in [0.29, 0.717) is 0 Å². The van der Waals surface area contributed by atoms with Crippen molar-refractivity contribution in [1.29, 1.82) is 0 Å². The van der Waals surface area contributed by atoms with E-state index in [9.17, 15) is 52.7 Å². The zero-order valence-electron chi connectivity index (χ0n) is 35.7. The van der Waals surface area contributed by atoms with E-state index in [-0.39, 0.29) is 10.9 Å². The molecule has 0 fully saturated rings. The first kappa shape index (κ1) is 53.9. The molecule has 0 aliphatic heterocycles. The van der Waals surface area contributed by atoms with Crippen molar-refractivity contribution >= 4 is 73.3 Å². The molecule has 0 atom stereocenters. The molecule has 0 aliphatic carbocycles. The molecule has 376 valence electrons. The molecule has 0 bridgehead atoms. The van der Waals surface area contributed by atoms with Crippen LogP contribution in [0.25, 0.3) is 0 Å². The number of thiophene rings is 2. The molecule has 6 aromatic carbocycles. The quantitative estimate of drug-likeness (QED) is 0.0456. The summed E-state index contributed by atoms with van der Waals surface area (Å²) in [6.07, 6.45) is -7.22. The SMILES string of the molecule is Cc1ccc([S+](c2ccc(C)cc2)c2ccc(Sc3ccc(C)s3)s2)cc1.Fc1c(F)c(F)c([B-](c2c(F)c(F)c(F)c(F)c2F)(c2c(F)c(F)c(F)c(F)c2F)c2c(F)c(F)c(F)c(F)c2F)c(F)c1F. The maximum absolute atomic E-state index is 15.4. The zero-order chi connectivity index (χ0) is 53.2. The summed E-state index contributed by atoms with van der Waals surface area (Å²) in [5.74, 6) is -71.4. The molecule has 0 aliphatic rings. The van der Waals surface area contributed by atoms with Crippen molar-refractivity contribution in [1.82, 2.24) is 0 Å². The molecule has 72 heavy (non-hydrogen) atoms. The molecular weight excluding hydrogens is 1080 g/mol. The van der Waals surface area contributed by atoms with Crippen molar-refractivity contribution in [2.45, 2.75) is 43.2 Å². The van der Waals surface area contributed by atoms with Gasteiger partial charge >= 0.3 is 0 Å². The smallest absolute Gasteiger partial charge is 0.207 e. The van der Waals surface area contributed by atoms with Crippen molar-refractivity contribution in [3.8, 4) is 0 Å². The molecular formula is C47H21BF20S4. The van der Waals surface area contributed by atoms with Gasteiger partial charge in [0.2, 0.25) is 4.21 Å². The van der Waals surface area contributed by atoms with Gasteiger partial charge in [0.15, 0.2) is 79.6 Å². The summed E-state index contributed by atoms with van der Waals surface area (Å²) in [6, 6.07) is 27.1. The third-order valence-electron chi connectivity index (χ3n) is 10.9. The van der Waals surface area contributed by atoms with Crippen molar-refractivity contribution in [2.75, 3.05) is 0 Å². The highest BCUT2D eigenvalue weighted by Gasteiger charge is 2.52. The van der Waals surface area contributed by atoms with Crippen LogP contribution in [0.5, 0.6) is 0 Å². The molecule has 0 saturated heterocycles. The van der Waals surface area contributed by atoms with Gasteiger partial charge in [0, 0.05) is 10.9 Å². The lowest BCUT2D eigenvalue weighted by Gasteiger charge is -2.44. The molecule has 0 spiro atoms. The fourth-order valence-corrected chi connectivity index (χ4v) is 13.9. The van der Waals surface area contributed by atoms with E-state index in [2.05, 4.69) is 93.6 Å². The fourth-order valence-electron chi connectivity index (χ4n) is 7.63. The lowest BCUT2D eigenvalue weighted by Crippen LogP contribution is -2.81. The molecule has 0 nitrogen and oxygen atoms in total. The maximum atomic E-state index is 15.4. The lowest BCUT2D eigenvalue weighted by atomic mass is 9.12. The third kappa shape index (κ3) is 9.03. The third-order valence-corrected chi connectivity index (χ3v) is 16.8. The summed E-state index contributed by atoms with van der Waals surface area (Å²) >= 11 is 5.68. The Morgan fingerprint density at radius 1 is 0.306 bits per heavy atom. The predicted molar refractivity (Wildman–Crippen MR) is 231 cm³/mol. The summed E-state index contributed by atoms with van der Waals surface area (Å²) in [7, 11) is -0.0545. The van der Waals surface area contributed by atoms with Crippen LogP contribution in [-0.4, -0.2) is 6.15 Å². The topological polar surface area (TPSA) is 0 Å². The van der Waals surface area contributed by atoms with Crippen LogP contribution in [0.2, 0.25) is 0 Å². The predicted octanol–water partition coefficient (Wildman–Crippen LogP) is 13.8. The van der Waals surface area contributed by atoms with Crippen LogP contribution < -0.4 is 21.9 Å². The Morgan fingerprint density at radius 3 is 0.819 bits per heavy atom. The number of benzene rings is 6. The van der Waals surface area contributed by atoms with Crippen molar-refractivity contribution in [3.63, 3.8) is 0 Å². The first-order chi connectivity index (χ1) is 33.8. The molecule has 25 heteroatoms. The van der Waals surface area contributed by atoms with Gasteiger partial charge in [-0.2, -0.15) is 0 Å². The van der Waals surface area contributed by atoms with Crippen LogP contribution in [-0.2, 0) is 10.9 Å². The summed E-state index contributed by atoms with van der Waals surface area (Å²) in [5.41, 5.74) is -11.7. The summed E-state index contributed by atoms with van der Waals surface area (Å²) in [5, 5.41) is 0. The monoisotopic (exact) mass is 1100 g/mol. The van der Waals surface area contributed by atoms with E-state index in [0.717, 1.165) is 0 Å². The van der Waals surface area contributed by atoms with Gasteiger partial charge in [0.25, 0.3) is 0 Å². The molecule has 8 aromatic rings. The van der Waals surface area contributed by atoms with Gasteiger partial charge < -0.3 is 0 Å². The second kappa shape index (κ2) is 20.5. The van der Waals surface area contributed by atoms with Gasteiger partial charge in [-0.25, -0.2) is 87.8 Å². The van der Waals surface area contributed by atoms with E-state index < -0.39 is 144 Å². The standard InChI is InChI=1S/C24BF20.C23H21S4/c26-5-1(6(27)14(35)21(42)13(5)34)25(2-7(28)15(36)22(43)16(37)8(2)29,3-9(30)17(38)23(44)18(39)10(3)31)4-11(32)19(40)24(45)20(41)12(4)33;1-16-4-9-19(10-5-16)27(20-11-6-17(2)7-12-20)23-15-14-22(26-23)25-21-13-8-18(3)24-21/h;4-15H,1-3H3/q-1;+1. The van der Waals surface area contributed by atoms with Crippen molar-refractivity contribution in [3.05, 3.63) is 205 Å². The van der Waals surface area contributed by atoms with Gasteiger partial charge in [-0.05, 0) is 63.2 Å². The average molecular weight is 1100 g/mol. The first-order valence-corrected chi connectivity index (χ1v) is 23.4. The summed E-state index contributed by atoms with van der Waals surface area (Å²) < 4.78 is 298. The average Bonchev–Trinajstić information content (AvgIpc) is 4.00. The molecule has 2 heterocycles. The lowest BCUT2D eigenvalue weighted by molar-refractivity contribution is 0.378. The molecule has 0 amide bonds. The van der Waals surface area contributed by atoms with E-state index in [1.807, 2.05) is 34.4 Å². The summed E-state index contributed by atoms with van der Waals surface area (Å²) in [6.45, 7) is 6.47. The van der Waals surface area contributed by atoms with Crippen LogP contribution in [0.4, 0.5) is 87.8 Å². The first-order valence-electron chi connectivity index (χ1n) is 19.7. The van der Waals surface area contributed by atoms with Crippen LogP contribution in [0.1, 0.15) is 16.0 Å². The second-order valence-electron chi connectivity index (χ2n) is 15.3. The number of hydrogen-bond acceptors (Lipinski definition) is 3. The number of halogens is 20. The van der Waals surface area contributed by atoms with Crippen LogP contribution in [0.3, 0.4) is 0 Å². The molecule has 0 N–H and O–H groups in total. The Labute approximate surface area is 407 Å². The second-order valence-corrected chi connectivity index (χ2v) is 21.5. The highest BCUT2D eigenvalue weighted by atomic mass is 32.2. The van der Waals surface area contributed by atoms with Gasteiger partial charge in [-0.15, -0.1) is 33.2 Å². The van der Waals surface area contributed by atoms with Gasteiger partial charge in [-0.1, -0.05) is 58.5 Å². The van der Waals surface area contributed by atoms with E-state index in [1.54, 1.807) is 0 Å². The van der Waals surface area contributed by atoms with Crippen LogP contribution >= 0.6 is 34.4 Å². The minimum absolute atomic E-state index is 0.0545. The Hall–Kier alpha value is -5.92. The molecule has 0 saturated carbocycles.